The van der Waals surface area contributed by atoms with E-state index in [0.29, 0.717) is 6.54 Å². The monoisotopic (exact) mass is 269 g/mol. The Balaban J connectivity index is 1.70. The van der Waals surface area contributed by atoms with Gasteiger partial charge in [-0.25, -0.2) is 0 Å². The molecule has 0 radical (unpaired) electrons. The Labute approximate surface area is 114 Å². The van der Waals surface area contributed by atoms with Crippen molar-refractivity contribution in [2.24, 2.45) is 11.8 Å². The molecule has 2 unspecified atom stereocenters. The van der Waals surface area contributed by atoms with E-state index in [1.165, 1.54) is 30.6 Å². The van der Waals surface area contributed by atoms with E-state index < -0.39 is 0 Å². The molecule has 18 heavy (non-hydrogen) atoms. The second kappa shape index (κ2) is 6.60. The highest BCUT2D eigenvalue weighted by molar-refractivity contribution is 7.99. The maximum Gasteiger partial charge on any atom is 0.233 e. The van der Waals surface area contributed by atoms with E-state index in [4.69, 9.17) is 0 Å². The molecule has 2 fully saturated rings. The van der Waals surface area contributed by atoms with E-state index in [1.54, 1.807) is 11.8 Å². The number of carbonyl (C=O) groups is 2. The van der Waals surface area contributed by atoms with Gasteiger partial charge < -0.3 is 0 Å². The molecule has 4 heteroatoms. The largest absolute Gasteiger partial charge is 0.282 e. The minimum Gasteiger partial charge on any atom is -0.282 e. The average Bonchev–Trinajstić information content (AvgIpc) is 2.92. The number of imide groups is 1. The lowest BCUT2D eigenvalue weighted by Gasteiger charge is -2.15. The van der Waals surface area contributed by atoms with Crippen LogP contribution in [-0.4, -0.2) is 34.8 Å². The van der Waals surface area contributed by atoms with E-state index in [0.717, 1.165) is 24.3 Å². The van der Waals surface area contributed by atoms with Crippen LogP contribution in [0.15, 0.2) is 0 Å². The van der Waals surface area contributed by atoms with Crippen LogP contribution in [0.5, 0.6) is 0 Å². The number of amides is 2. The summed E-state index contributed by atoms with van der Waals surface area (Å²) in [7, 11) is 0. The van der Waals surface area contributed by atoms with Crippen LogP contribution >= 0.6 is 11.8 Å². The van der Waals surface area contributed by atoms with Gasteiger partial charge in [0.25, 0.3) is 0 Å². The zero-order chi connectivity index (χ0) is 13.0. The molecule has 0 aromatic carbocycles. The zero-order valence-corrected chi connectivity index (χ0v) is 12.0. The van der Waals surface area contributed by atoms with Crippen molar-refractivity contribution in [1.29, 1.82) is 0 Å². The smallest absolute Gasteiger partial charge is 0.233 e. The number of hydrogen-bond acceptors (Lipinski definition) is 3. The average molecular weight is 269 g/mol. The van der Waals surface area contributed by atoms with Crippen molar-refractivity contribution < 1.29 is 9.59 Å². The number of rotatable bonds is 7. The molecule has 0 saturated carbocycles. The minimum atomic E-state index is 0.00240. The number of carbonyl (C=O) groups excluding carboxylic acids is 2. The van der Waals surface area contributed by atoms with E-state index in [-0.39, 0.29) is 23.7 Å². The van der Waals surface area contributed by atoms with Crippen LogP contribution in [0.25, 0.3) is 0 Å². The molecule has 3 nitrogen and oxygen atoms in total. The van der Waals surface area contributed by atoms with Gasteiger partial charge in [0.15, 0.2) is 0 Å². The summed E-state index contributed by atoms with van der Waals surface area (Å²) in [5.74, 6) is 1.90. The van der Waals surface area contributed by atoms with Crippen LogP contribution in [0.3, 0.4) is 0 Å². The summed E-state index contributed by atoms with van der Waals surface area (Å²) in [6.45, 7) is 2.86. The maximum absolute atomic E-state index is 12.1. The van der Waals surface area contributed by atoms with Gasteiger partial charge in [0, 0.05) is 18.1 Å². The Morgan fingerprint density at radius 2 is 1.56 bits per heavy atom. The van der Waals surface area contributed by atoms with Gasteiger partial charge in [0.2, 0.25) is 11.8 Å². The number of hydrogen-bond donors (Lipinski definition) is 0. The van der Waals surface area contributed by atoms with E-state index in [2.05, 4.69) is 6.92 Å². The molecule has 2 amide bonds. The fraction of sp³-hybridized carbons (Fsp3) is 0.857. The Morgan fingerprint density at radius 1 is 1.00 bits per heavy atom. The first kappa shape index (κ1) is 13.9. The lowest BCUT2D eigenvalue weighted by Crippen LogP contribution is -2.33. The molecule has 0 spiro atoms. The number of likely N-dealkylation sites (tertiary alicyclic amines) is 1. The van der Waals surface area contributed by atoms with Crippen LogP contribution in [0.1, 0.15) is 45.4 Å². The van der Waals surface area contributed by atoms with Gasteiger partial charge in [0.05, 0.1) is 11.8 Å². The molecule has 2 atom stereocenters. The van der Waals surface area contributed by atoms with Gasteiger partial charge in [-0.15, -0.1) is 0 Å². The molecule has 0 aliphatic carbocycles. The van der Waals surface area contributed by atoms with Crippen molar-refractivity contribution in [2.45, 2.75) is 45.4 Å². The zero-order valence-electron chi connectivity index (χ0n) is 11.2. The fourth-order valence-electron chi connectivity index (χ4n) is 2.82. The van der Waals surface area contributed by atoms with Gasteiger partial charge in [-0.2, -0.15) is 11.8 Å². The summed E-state index contributed by atoms with van der Waals surface area (Å²) in [6.07, 6.45) is 7.18. The van der Waals surface area contributed by atoms with Gasteiger partial charge in [-0.05, 0) is 6.42 Å². The topological polar surface area (TPSA) is 37.4 Å². The van der Waals surface area contributed by atoms with Gasteiger partial charge in [-0.3, -0.25) is 14.5 Å². The molecule has 2 aliphatic rings. The molecule has 102 valence electrons. The SMILES string of the molecule is CCCCCCCCN1C(=O)C2CSCC2C1=O. The number of fused-ring (bicyclic) bond motifs is 1. The highest BCUT2D eigenvalue weighted by Gasteiger charge is 2.49. The van der Waals surface area contributed by atoms with Crippen LogP contribution in [-0.2, 0) is 9.59 Å². The molecular formula is C14H23NO2S. The van der Waals surface area contributed by atoms with Gasteiger partial charge in [0.1, 0.15) is 0 Å². The van der Waals surface area contributed by atoms with Crippen LogP contribution < -0.4 is 0 Å². The normalized spacial score (nSPS) is 27.1. The van der Waals surface area contributed by atoms with Crippen molar-refractivity contribution in [1.82, 2.24) is 4.90 Å². The van der Waals surface area contributed by atoms with Crippen molar-refractivity contribution in [3.63, 3.8) is 0 Å². The summed E-state index contributed by atoms with van der Waals surface area (Å²) in [6, 6.07) is 0. The summed E-state index contributed by atoms with van der Waals surface area (Å²) >= 11 is 1.74. The lowest BCUT2D eigenvalue weighted by molar-refractivity contribution is -0.139. The number of nitrogens with zero attached hydrogens (tertiary/aromatic N) is 1. The molecule has 0 aromatic rings. The van der Waals surface area contributed by atoms with Crippen LogP contribution in [0, 0.1) is 11.8 Å². The quantitative estimate of drug-likeness (QED) is 0.527. The predicted octanol–water partition coefficient (Wildman–Crippen LogP) is 2.69. The molecule has 2 saturated heterocycles. The third kappa shape index (κ3) is 2.90. The first-order chi connectivity index (χ1) is 8.75. The van der Waals surface area contributed by atoms with Crippen molar-refractivity contribution in [3.05, 3.63) is 0 Å². The highest BCUT2D eigenvalue weighted by Crippen LogP contribution is 2.37. The van der Waals surface area contributed by atoms with E-state index in [9.17, 15) is 9.59 Å². The second-order valence-electron chi connectivity index (χ2n) is 5.35. The highest BCUT2D eigenvalue weighted by atomic mass is 32.2. The van der Waals surface area contributed by atoms with Crippen molar-refractivity contribution >= 4 is 23.6 Å². The van der Waals surface area contributed by atoms with Crippen LogP contribution in [0.4, 0.5) is 0 Å². The lowest BCUT2D eigenvalue weighted by atomic mass is 10.00. The number of thioether (sulfide) groups is 1. The molecule has 0 bridgehead atoms. The minimum absolute atomic E-state index is 0.00240. The van der Waals surface area contributed by atoms with Crippen molar-refractivity contribution in [2.75, 3.05) is 18.1 Å². The van der Waals surface area contributed by atoms with Crippen molar-refractivity contribution in [3.8, 4) is 0 Å². The number of unbranched alkanes of at least 4 members (excludes halogenated alkanes) is 5. The molecule has 0 aromatic heterocycles. The first-order valence-electron chi connectivity index (χ1n) is 7.18. The summed E-state index contributed by atoms with van der Waals surface area (Å²) in [5, 5.41) is 0. The summed E-state index contributed by atoms with van der Waals surface area (Å²) < 4.78 is 0. The van der Waals surface area contributed by atoms with Gasteiger partial charge >= 0.3 is 0 Å². The Hall–Kier alpha value is -0.510. The molecular weight excluding hydrogens is 246 g/mol. The van der Waals surface area contributed by atoms with E-state index >= 15 is 0 Å². The second-order valence-corrected chi connectivity index (χ2v) is 6.42. The van der Waals surface area contributed by atoms with E-state index in [1.807, 2.05) is 0 Å². The Bertz CT molecular complexity index is 297. The third-order valence-electron chi connectivity index (χ3n) is 3.98. The standard InChI is InChI=1S/C14H23NO2S/c1-2-3-4-5-6-7-8-15-13(16)11-9-18-10-12(11)14(15)17/h11-12H,2-10H2,1H3. The fourth-order valence-corrected chi connectivity index (χ4v) is 4.21. The Kier molecular flexibility index (Phi) is 5.10. The maximum atomic E-state index is 12.1. The molecule has 2 heterocycles. The summed E-state index contributed by atoms with van der Waals surface area (Å²) in [4.78, 5) is 25.6. The summed E-state index contributed by atoms with van der Waals surface area (Å²) in [5.41, 5.74) is 0. The first-order valence-corrected chi connectivity index (χ1v) is 8.34. The molecule has 2 rings (SSSR count). The van der Waals surface area contributed by atoms with Gasteiger partial charge in [-0.1, -0.05) is 39.0 Å². The van der Waals surface area contributed by atoms with Crippen LogP contribution in [0.2, 0.25) is 0 Å². The third-order valence-corrected chi connectivity index (χ3v) is 5.17. The predicted molar refractivity (Wildman–Crippen MR) is 74.4 cm³/mol. The Morgan fingerprint density at radius 3 is 2.17 bits per heavy atom. The molecule has 0 N–H and O–H groups in total. The molecule has 2 aliphatic heterocycles.